The molecule has 5 heteroatoms. The molecule has 4 atom stereocenters. The van der Waals surface area contributed by atoms with Gasteiger partial charge in [0.25, 0.3) is 0 Å². The standard InChI is InChI=1S/C17H15NO4/c19-15-13-9-1-2-10(4-3-9)14(13)16(20)18(15)12-7-5-11(6-8-12)17(21)22/h1-2,5-10,13-14H,3-4H2,(H,21,22)/p-1/t9-,10-,13-,14+/m1/s1. The van der Waals surface area contributed by atoms with E-state index in [1.807, 2.05) is 0 Å². The predicted octanol–water partition coefficient (Wildman–Crippen LogP) is 0.752. The van der Waals surface area contributed by atoms with Gasteiger partial charge in [-0.05, 0) is 42.4 Å². The largest absolute Gasteiger partial charge is 0.545 e. The number of rotatable bonds is 2. The second-order valence-electron chi connectivity index (χ2n) is 6.19. The highest BCUT2D eigenvalue weighted by Gasteiger charge is 2.56. The summed E-state index contributed by atoms with van der Waals surface area (Å²) in [4.78, 5) is 37.4. The lowest BCUT2D eigenvalue weighted by molar-refractivity contribution is -0.255. The van der Waals surface area contributed by atoms with E-state index in [9.17, 15) is 19.5 Å². The minimum absolute atomic E-state index is 0.0296. The fraction of sp³-hybridized carbons (Fsp3) is 0.353. The van der Waals surface area contributed by atoms with Gasteiger partial charge in [0.1, 0.15) is 0 Å². The van der Waals surface area contributed by atoms with Gasteiger partial charge in [-0.2, -0.15) is 0 Å². The van der Waals surface area contributed by atoms with Gasteiger partial charge in [0, 0.05) is 0 Å². The van der Waals surface area contributed by atoms with Crippen LogP contribution < -0.4 is 10.0 Å². The van der Waals surface area contributed by atoms with Crippen LogP contribution in [0.3, 0.4) is 0 Å². The Morgan fingerprint density at radius 1 is 0.955 bits per heavy atom. The summed E-state index contributed by atoms with van der Waals surface area (Å²) >= 11 is 0. The average molecular weight is 296 g/mol. The number of hydrogen-bond donors (Lipinski definition) is 0. The number of carbonyl (C=O) groups excluding carboxylic acids is 3. The average Bonchev–Trinajstić information content (AvgIpc) is 2.82. The van der Waals surface area contributed by atoms with Crippen molar-refractivity contribution in [2.75, 3.05) is 4.90 Å². The highest BCUT2D eigenvalue weighted by Crippen LogP contribution is 2.50. The van der Waals surface area contributed by atoms with Gasteiger partial charge in [0.2, 0.25) is 11.8 Å². The van der Waals surface area contributed by atoms with Crippen molar-refractivity contribution < 1.29 is 19.5 Å². The Morgan fingerprint density at radius 3 is 1.86 bits per heavy atom. The van der Waals surface area contributed by atoms with Gasteiger partial charge in [0.05, 0.1) is 23.5 Å². The van der Waals surface area contributed by atoms with Crippen LogP contribution in [0, 0.1) is 23.7 Å². The molecule has 0 spiro atoms. The summed E-state index contributed by atoms with van der Waals surface area (Å²) in [6.07, 6.45) is 6.06. The zero-order valence-electron chi connectivity index (χ0n) is 11.8. The zero-order chi connectivity index (χ0) is 15.4. The number of allylic oxidation sites excluding steroid dienone is 2. The smallest absolute Gasteiger partial charge is 0.238 e. The van der Waals surface area contributed by atoms with Gasteiger partial charge in [-0.15, -0.1) is 0 Å². The summed E-state index contributed by atoms with van der Waals surface area (Å²) in [6.45, 7) is 0. The molecule has 1 saturated carbocycles. The molecule has 4 aliphatic rings. The first kappa shape index (κ1) is 13.2. The number of carboxylic acid groups (broad SMARTS) is 1. The summed E-state index contributed by atoms with van der Waals surface area (Å²) in [6, 6.07) is 5.71. The van der Waals surface area contributed by atoms with Crippen molar-refractivity contribution in [3.05, 3.63) is 42.0 Å². The molecule has 1 aliphatic heterocycles. The van der Waals surface area contributed by atoms with Crippen LogP contribution >= 0.6 is 0 Å². The van der Waals surface area contributed by atoms with E-state index < -0.39 is 5.97 Å². The molecule has 1 heterocycles. The number of aromatic carboxylic acids is 1. The van der Waals surface area contributed by atoms with Crippen LogP contribution in [0.5, 0.6) is 0 Å². The summed E-state index contributed by atoms with van der Waals surface area (Å²) in [5.41, 5.74) is 0.468. The van der Waals surface area contributed by atoms with Crippen molar-refractivity contribution in [3.8, 4) is 0 Å². The quantitative estimate of drug-likeness (QED) is 0.596. The highest BCUT2D eigenvalue weighted by molar-refractivity contribution is 6.22. The Morgan fingerprint density at radius 2 is 1.45 bits per heavy atom. The second-order valence-corrected chi connectivity index (χ2v) is 6.19. The molecule has 5 nitrogen and oxygen atoms in total. The molecule has 1 saturated heterocycles. The van der Waals surface area contributed by atoms with Crippen molar-refractivity contribution in [3.63, 3.8) is 0 Å². The third kappa shape index (κ3) is 1.68. The lowest BCUT2D eigenvalue weighted by Crippen LogP contribution is -2.38. The van der Waals surface area contributed by atoms with Crippen LogP contribution in [0.25, 0.3) is 0 Å². The molecule has 112 valence electrons. The fourth-order valence-corrected chi connectivity index (χ4v) is 4.08. The number of nitrogens with zero attached hydrogens (tertiary/aromatic N) is 1. The van der Waals surface area contributed by atoms with E-state index in [4.69, 9.17) is 0 Å². The van der Waals surface area contributed by atoms with Gasteiger partial charge in [0.15, 0.2) is 0 Å². The number of anilines is 1. The molecular formula is C17H14NO4-. The van der Waals surface area contributed by atoms with Gasteiger partial charge in [-0.3, -0.25) is 14.5 Å². The number of carbonyl (C=O) groups is 3. The summed E-state index contributed by atoms with van der Waals surface area (Å²) in [5, 5.41) is 10.8. The third-order valence-corrected chi connectivity index (χ3v) is 5.12. The van der Waals surface area contributed by atoms with E-state index in [2.05, 4.69) is 12.2 Å². The van der Waals surface area contributed by atoms with Crippen LogP contribution in [-0.2, 0) is 9.59 Å². The second kappa shape index (κ2) is 4.53. The number of carboxylic acids is 1. The first-order valence-corrected chi connectivity index (χ1v) is 7.45. The van der Waals surface area contributed by atoms with Crippen LogP contribution in [0.2, 0.25) is 0 Å². The monoisotopic (exact) mass is 296 g/mol. The molecule has 0 N–H and O–H groups in total. The van der Waals surface area contributed by atoms with Crippen molar-refractivity contribution in [1.29, 1.82) is 0 Å². The molecule has 1 aromatic carbocycles. The summed E-state index contributed by atoms with van der Waals surface area (Å²) < 4.78 is 0. The number of benzene rings is 1. The normalized spacial score (nSPS) is 32.5. The molecular weight excluding hydrogens is 282 g/mol. The molecule has 5 rings (SSSR count). The van der Waals surface area contributed by atoms with Crippen LogP contribution in [0.15, 0.2) is 36.4 Å². The maximum atomic E-state index is 12.7. The Hall–Kier alpha value is -2.43. The molecule has 0 radical (unpaired) electrons. The third-order valence-electron chi connectivity index (χ3n) is 5.12. The number of amides is 2. The van der Waals surface area contributed by atoms with Crippen LogP contribution in [-0.4, -0.2) is 17.8 Å². The number of imide groups is 1. The van der Waals surface area contributed by atoms with E-state index in [0.29, 0.717) is 5.69 Å². The molecule has 2 amide bonds. The Kier molecular flexibility index (Phi) is 2.73. The first-order valence-electron chi connectivity index (χ1n) is 7.45. The van der Waals surface area contributed by atoms with E-state index in [1.54, 1.807) is 0 Å². The topological polar surface area (TPSA) is 77.5 Å². The Labute approximate surface area is 127 Å². The lowest BCUT2D eigenvalue weighted by atomic mass is 9.63. The van der Waals surface area contributed by atoms with Gasteiger partial charge >= 0.3 is 0 Å². The highest BCUT2D eigenvalue weighted by atomic mass is 16.4. The molecule has 22 heavy (non-hydrogen) atoms. The molecule has 0 unspecified atom stereocenters. The summed E-state index contributed by atoms with van der Waals surface area (Å²) in [5.74, 6) is -1.79. The molecule has 0 aromatic heterocycles. The molecule has 2 fully saturated rings. The van der Waals surface area contributed by atoms with Crippen LogP contribution in [0.4, 0.5) is 5.69 Å². The summed E-state index contributed by atoms with van der Waals surface area (Å²) in [7, 11) is 0. The molecule has 3 aliphatic carbocycles. The van der Waals surface area contributed by atoms with E-state index >= 15 is 0 Å². The minimum atomic E-state index is -1.28. The Bertz CT molecular complexity index is 674. The van der Waals surface area contributed by atoms with E-state index in [1.165, 1.54) is 29.2 Å². The van der Waals surface area contributed by atoms with E-state index in [0.717, 1.165) is 12.8 Å². The molecule has 1 aromatic rings. The Balaban J connectivity index is 1.70. The maximum absolute atomic E-state index is 12.7. The minimum Gasteiger partial charge on any atom is -0.545 e. The van der Waals surface area contributed by atoms with Gasteiger partial charge < -0.3 is 9.90 Å². The van der Waals surface area contributed by atoms with Gasteiger partial charge in [-0.1, -0.05) is 24.3 Å². The zero-order valence-corrected chi connectivity index (χ0v) is 11.8. The van der Waals surface area contributed by atoms with Crippen molar-refractivity contribution in [2.24, 2.45) is 23.7 Å². The number of fused-ring (bicyclic) bond motifs is 1. The lowest BCUT2D eigenvalue weighted by Gasteiger charge is -2.38. The van der Waals surface area contributed by atoms with E-state index in [-0.39, 0.29) is 41.0 Å². The maximum Gasteiger partial charge on any atom is 0.238 e. The van der Waals surface area contributed by atoms with Gasteiger partial charge in [-0.25, -0.2) is 0 Å². The fourth-order valence-electron chi connectivity index (χ4n) is 4.08. The first-order chi connectivity index (χ1) is 10.6. The van der Waals surface area contributed by atoms with Crippen molar-refractivity contribution >= 4 is 23.5 Å². The SMILES string of the molecule is O=C([O-])c1ccc(N2C(=O)[C@@H]3[C@H](C2=O)[C@@H]2C=C[C@@H]3CC2)cc1. The van der Waals surface area contributed by atoms with Crippen molar-refractivity contribution in [1.82, 2.24) is 0 Å². The van der Waals surface area contributed by atoms with Crippen LogP contribution in [0.1, 0.15) is 23.2 Å². The number of hydrogen-bond acceptors (Lipinski definition) is 4. The predicted molar refractivity (Wildman–Crippen MR) is 75.6 cm³/mol. The van der Waals surface area contributed by atoms with Crippen molar-refractivity contribution in [2.45, 2.75) is 12.8 Å². The molecule has 2 bridgehead atoms.